The molecule has 0 fully saturated rings. The average molecular weight is 330 g/mol. The van der Waals surface area contributed by atoms with Gasteiger partial charge in [0.15, 0.2) is 0 Å². The van der Waals surface area contributed by atoms with E-state index in [-0.39, 0.29) is 24.2 Å². The van der Waals surface area contributed by atoms with Gasteiger partial charge in [0.25, 0.3) is 0 Å². The maximum absolute atomic E-state index is 12.4. The number of nitrogens with one attached hydrogen (secondary N) is 2. The van der Waals surface area contributed by atoms with Gasteiger partial charge in [0, 0.05) is 25.0 Å². The molecule has 0 unspecified atom stereocenters. The number of aromatic amines is 1. The van der Waals surface area contributed by atoms with E-state index < -0.39 is 0 Å². The molecular formula is C17H22N4O3. The first kappa shape index (κ1) is 17.5. The van der Waals surface area contributed by atoms with Crippen molar-refractivity contribution >= 4 is 11.7 Å². The minimum Gasteiger partial charge on any atom is -0.473 e. The second-order valence-electron chi connectivity index (χ2n) is 5.86. The van der Waals surface area contributed by atoms with Gasteiger partial charge >= 0.3 is 6.03 Å². The zero-order valence-corrected chi connectivity index (χ0v) is 14.3. The summed E-state index contributed by atoms with van der Waals surface area (Å²) in [6.45, 7) is 5.96. The van der Waals surface area contributed by atoms with Crippen LogP contribution in [0.1, 0.15) is 25.1 Å². The summed E-state index contributed by atoms with van der Waals surface area (Å²) >= 11 is 0. The molecule has 2 N–H and O–H groups in total. The Morgan fingerprint density at radius 2 is 2.17 bits per heavy atom. The van der Waals surface area contributed by atoms with Crippen molar-refractivity contribution in [3.8, 4) is 5.88 Å². The number of nitrogens with zero attached hydrogens (tertiary/aromatic N) is 2. The summed E-state index contributed by atoms with van der Waals surface area (Å²) in [5.74, 6) is 0.380. The molecule has 2 amide bonds. The highest BCUT2D eigenvalue weighted by Crippen LogP contribution is 2.24. The fourth-order valence-electron chi connectivity index (χ4n) is 2.09. The number of hydrogen-bond donors (Lipinski definition) is 2. The topological polar surface area (TPSA) is 87.3 Å². The van der Waals surface area contributed by atoms with Crippen molar-refractivity contribution in [1.82, 2.24) is 14.9 Å². The molecule has 0 saturated heterocycles. The number of aromatic nitrogens is 2. The molecule has 2 heterocycles. The molecule has 0 radical (unpaired) electrons. The molecule has 0 atom stereocenters. The van der Waals surface area contributed by atoms with Gasteiger partial charge in [0.2, 0.25) is 11.4 Å². The Kier molecular flexibility index (Phi) is 5.57. The van der Waals surface area contributed by atoms with Gasteiger partial charge in [-0.05, 0) is 38.5 Å². The summed E-state index contributed by atoms with van der Waals surface area (Å²) in [4.78, 5) is 32.1. The van der Waals surface area contributed by atoms with Crippen molar-refractivity contribution in [1.29, 1.82) is 0 Å². The van der Waals surface area contributed by atoms with Crippen LogP contribution in [0.15, 0.2) is 35.3 Å². The van der Waals surface area contributed by atoms with Crippen LogP contribution in [-0.4, -0.2) is 34.1 Å². The van der Waals surface area contributed by atoms with Gasteiger partial charge in [0.05, 0.1) is 12.6 Å². The monoisotopic (exact) mass is 330 g/mol. The maximum atomic E-state index is 12.4. The molecule has 0 aliphatic rings. The molecule has 7 nitrogen and oxygen atoms in total. The van der Waals surface area contributed by atoms with Gasteiger partial charge in [0.1, 0.15) is 5.69 Å². The number of H-pyrrole nitrogens is 1. The van der Waals surface area contributed by atoms with Crippen LogP contribution in [0.2, 0.25) is 0 Å². The van der Waals surface area contributed by atoms with E-state index in [0.717, 1.165) is 5.56 Å². The SMILES string of the molecule is Cc1cnc(OC(C)C)c(NC(=O)N(C)Cc2cccc(=O)[nH]2)c1. The normalized spacial score (nSPS) is 10.5. The molecule has 2 aromatic heterocycles. The number of hydrogen-bond acceptors (Lipinski definition) is 4. The van der Waals surface area contributed by atoms with E-state index in [1.807, 2.05) is 20.8 Å². The van der Waals surface area contributed by atoms with Crippen molar-refractivity contribution in [2.75, 3.05) is 12.4 Å². The van der Waals surface area contributed by atoms with Gasteiger partial charge in [-0.1, -0.05) is 6.07 Å². The van der Waals surface area contributed by atoms with Gasteiger partial charge in [-0.2, -0.15) is 0 Å². The lowest BCUT2D eigenvalue weighted by molar-refractivity contribution is 0.218. The molecule has 0 spiro atoms. The standard InChI is InChI=1S/C17H22N4O3/c1-11(2)24-16-14(8-12(3)9-18-16)20-17(23)21(4)10-13-6-5-7-15(22)19-13/h5-9,11H,10H2,1-4H3,(H,19,22)(H,20,23). The second kappa shape index (κ2) is 7.63. The highest BCUT2D eigenvalue weighted by molar-refractivity contribution is 5.90. The molecule has 2 rings (SSSR count). The Hall–Kier alpha value is -2.83. The highest BCUT2D eigenvalue weighted by Gasteiger charge is 2.14. The third-order valence-electron chi connectivity index (χ3n) is 3.16. The molecule has 0 aromatic carbocycles. The largest absolute Gasteiger partial charge is 0.473 e. The van der Waals surface area contributed by atoms with Crippen LogP contribution in [0.25, 0.3) is 0 Å². The Balaban J connectivity index is 2.10. The van der Waals surface area contributed by atoms with E-state index in [9.17, 15) is 9.59 Å². The van der Waals surface area contributed by atoms with E-state index in [2.05, 4.69) is 15.3 Å². The Morgan fingerprint density at radius 1 is 1.42 bits per heavy atom. The molecule has 0 aliphatic heterocycles. The lowest BCUT2D eigenvalue weighted by Crippen LogP contribution is -2.32. The first-order valence-electron chi connectivity index (χ1n) is 7.69. The number of aryl methyl sites for hydroxylation is 1. The number of pyridine rings is 2. The third-order valence-corrected chi connectivity index (χ3v) is 3.16. The van der Waals surface area contributed by atoms with E-state index in [0.29, 0.717) is 17.3 Å². The number of anilines is 1. The van der Waals surface area contributed by atoms with Gasteiger partial charge in [-0.15, -0.1) is 0 Å². The van der Waals surface area contributed by atoms with Crippen LogP contribution in [0.4, 0.5) is 10.5 Å². The molecule has 128 valence electrons. The van der Waals surface area contributed by atoms with E-state index >= 15 is 0 Å². The Bertz CT molecular complexity index is 770. The van der Waals surface area contributed by atoms with Crippen LogP contribution in [0.3, 0.4) is 0 Å². The van der Waals surface area contributed by atoms with Crippen molar-refractivity contribution in [3.05, 3.63) is 52.1 Å². The highest BCUT2D eigenvalue weighted by atomic mass is 16.5. The summed E-state index contributed by atoms with van der Waals surface area (Å²) in [5.41, 5.74) is 1.89. The predicted molar refractivity (Wildman–Crippen MR) is 92.3 cm³/mol. The van der Waals surface area contributed by atoms with Gasteiger partial charge < -0.3 is 19.9 Å². The maximum Gasteiger partial charge on any atom is 0.322 e. The first-order chi connectivity index (χ1) is 11.3. The van der Waals surface area contributed by atoms with Crippen molar-refractivity contribution < 1.29 is 9.53 Å². The summed E-state index contributed by atoms with van der Waals surface area (Å²) in [5, 5.41) is 2.80. The zero-order chi connectivity index (χ0) is 17.7. The third kappa shape index (κ3) is 4.84. The predicted octanol–water partition coefficient (Wildman–Crippen LogP) is 2.53. The van der Waals surface area contributed by atoms with Gasteiger partial charge in [-0.25, -0.2) is 9.78 Å². The smallest absolute Gasteiger partial charge is 0.322 e. The number of amides is 2. The summed E-state index contributed by atoms with van der Waals surface area (Å²) in [7, 11) is 1.65. The minimum atomic E-state index is -0.319. The van der Waals surface area contributed by atoms with E-state index in [1.54, 1.807) is 31.4 Å². The Labute approximate surface area is 140 Å². The van der Waals surface area contributed by atoms with Crippen molar-refractivity contribution in [2.45, 2.75) is 33.4 Å². The van der Waals surface area contributed by atoms with E-state index in [1.165, 1.54) is 11.0 Å². The number of carbonyl (C=O) groups is 1. The van der Waals surface area contributed by atoms with Crippen LogP contribution in [0, 0.1) is 6.92 Å². The second-order valence-corrected chi connectivity index (χ2v) is 5.86. The quantitative estimate of drug-likeness (QED) is 0.882. The molecule has 7 heteroatoms. The number of carbonyl (C=O) groups excluding carboxylic acids is 1. The van der Waals surface area contributed by atoms with Crippen LogP contribution < -0.4 is 15.6 Å². The van der Waals surface area contributed by atoms with Gasteiger partial charge in [-0.3, -0.25) is 4.79 Å². The average Bonchev–Trinajstić information content (AvgIpc) is 2.49. The molecule has 0 aliphatic carbocycles. The zero-order valence-electron chi connectivity index (χ0n) is 14.3. The molecule has 2 aromatic rings. The number of ether oxygens (including phenoxy) is 1. The molecular weight excluding hydrogens is 308 g/mol. The van der Waals surface area contributed by atoms with Crippen LogP contribution >= 0.6 is 0 Å². The van der Waals surface area contributed by atoms with E-state index in [4.69, 9.17) is 4.74 Å². The summed E-state index contributed by atoms with van der Waals surface area (Å²) < 4.78 is 5.62. The fourth-order valence-corrected chi connectivity index (χ4v) is 2.09. The number of urea groups is 1. The molecule has 24 heavy (non-hydrogen) atoms. The fraction of sp³-hybridized carbons (Fsp3) is 0.353. The Morgan fingerprint density at radius 3 is 2.83 bits per heavy atom. The van der Waals surface area contributed by atoms with Crippen molar-refractivity contribution in [3.63, 3.8) is 0 Å². The summed E-state index contributed by atoms with van der Waals surface area (Å²) in [6.07, 6.45) is 1.63. The number of rotatable bonds is 5. The lowest BCUT2D eigenvalue weighted by Gasteiger charge is -2.19. The molecule has 0 bridgehead atoms. The molecule has 0 saturated carbocycles. The van der Waals surface area contributed by atoms with Crippen molar-refractivity contribution in [2.24, 2.45) is 0 Å². The first-order valence-corrected chi connectivity index (χ1v) is 7.69. The summed E-state index contributed by atoms with van der Waals surface area (Å²) in [6, 6.07) is 6.32. The minimum absolute atomic E-state index is 0.0528. The van der Waals surface area contributed by atoms with Crippen LogP contribution in [0.5, 0.6) is 5.88 Å². The lowest BCUT2D eigenvalue weighted by atomic mass is 10.3. The van der Waals surface area contributed by atoms with Crippen LogP contribution in [-0.2, 0) is 6.54 Å².